The molecule has 1 heterocycles. The lowest BCUT2D eigenvalue weighted by Crippen LogP contribution is -2.14. The Hall–Kier alpha value is -2.35. The molecule has 8 heteroatoms. The van der Waals surface area contributed by atoms with Gasteiger partial charge in [0, 0.05) is 11.3 Å². The number of nitrogens with one attached hydrogen (secondary N) is 1. The molecule has 1 aromatic carbocycles. The van der Waals surface area contributed by atoms with Gasteiger partial charge in [-0.05, 0) is 25.7 Å². The predicted octanol–water partition coefficient (Wildman–Crippen LogP) is 2.31. The molecule has 23 heavy (non-hydrogen) atoms. The molecule has 0 atom stereocenters. The highest BCUT2D eigenvalue weighted by Crippen LogP contribution is 2.19. The van der Waals surface area contributed by atoms with Crippen molar-refractivity contribution in [3.63, 3.8) is 0 Å². The summed E-state index contributed by atoms with van der Waals surface area (Å²) in [4.78, 5) is 12.1. The first kappa shape index (κ1) is 15.5. The number of aromatic nitrogens is 3. The van der Waals surface area contributed by atoms with Crippen molar-refractivity contribution in [3.8, 4) is 0 Å². The number of carbonyl (C=O) groups excluding carboxylic acids is 1. The molecule has 1 fully saturated rings. The fourth-order valence-electron chi connectivity index (χ4n) is 2.31. The first-order chi connectivity index (χ1) is 11.2. The topological polar surface area (TPSA) is 98.2 Å². The summed E-state index contributed by atoms with van der Waals surface area (Å²) in [6, 6.07) is 9.15. The Labute approximate surface area is 138 Å². The van der Waals surface area contributed by atoms with Gasteiger partial charge in [0.15, 0.2) is 5.78 Å². The zero-order valence-corrected chi connectivity index (χ0v) is 13.4. The van der Waals surface area contributed by atoms with Crippen molar-refractivity contribution < 1.29 is 4.79 Å². The smallest absolute Gasteiger partial charge is 0.264 e. The summed E-state index contributed by atoms with van der Waals surface area (Å²) in [5.74, 6) is 6.60. The number of carbonyl (C=O) groups is 1. The molecule has 0 saturated heterocycles. The minimum Gasteiger partial charge on any atom is -0.334 e. The van der Waals surface area contributed by atoms with E-state index in [0.717, 1.165) is 18.6 Å². The molecule has 3 rings (SSSR count). The second kappa shape index (κ2) is 7.28. The van der Waals surface area contributed by atoms with Crippen LogP contribution in [0.3, 0.4) is 0 Å². The number of ketones is 1. The van der Waals surface area contributed by atoms with Crippen LogP contribution in [0.15, 0.2) is 40.6 Å². The number of anilines is 1. The average Bonchev–Trinajstić information content (AvgIpc) is 3.22. The highest BCUT2D eigenvalue weighted by molar-refractivity contribution is 7.99. The monoisotopic (exact) mass is 330 g/mol. The van der Waals surface area contributed by atoms with Gasteiger partial charge < -0.3 is 5.84 Å². The third kappa shape index (κ3) is 3.89. The summed E-state index contributed by atoms with van der Waals surface area (Å²) in [6.07, 6.45) is 4.38. The summed E-state index contributed by atoms with van der Waals surface area (Å²) >= 11 is 1.26. The van der Waals surface area contributed by atoms with E-state index in [9.17, 15) is 4.79 Å². The van der Waals surface area contributed by atoms with E-state index in [4.69, 9.17) is 5.84 Å². The van der Waals surface area contributed by atoms with E-state index in [1.807, 2.05) is 18.2 Å². The number of benzene rings is 1. The zero-order chi connectivity index (χ0) is 16.1. The van der Waals surface area contributed by atoms with Gasteiger partial charge in [-0.25, -0.2) is 10.1 Å². The molecular weight excluding hydrogens is 312 g/mol. The van der Waals surface area contributed by atoms with Crippen molar-refractivity contribution in [1.82, 2.24) is 14.9 Å². The molecule has 2 aromatic rings. The number of hydrogen-bond donors (Lipinski definition) is 2. The largest absolute Gasteiger partial charge is 0.334 e. The third-order valence-corrected chi connectivity index (χ3v) is 4.53. The van der Waals surface area contributed by atoms with Gasteiger partial charge in [0.05, 0.1) is 5.75 Å². The lowest BCUT2D eigenvalue weighted by Gasteiger charge is -2.03. The summed E-state index contributed by atoms with van der Waals surface area (Å²) in [5, 5.41) is 12.7. The predicted molar refractivity (Wildman–Crippen MR) is 91.2 cm³/mol. The average molecular weight is 330 g/mol. The van der Waals surface area contributed by atoms with Crippen LogP contribution in [-0.2, 0) is 0 Å². The minimum absolute atomic E-state index is 0.0271. The van der Waals surface area contributed by atoms with Crippen molar-refractivity contribution in [1.29, 1.82) is 0 Å². The lowest BCUT2D eigenvalue weighted by atomic mass is 10.2. The maximum absolute atomic E-state index is 12.1. The molecule has 0 unspecified atom stereocenters. The van der Waals surface area contributed by atoms with Crippen LogP contribution < -0.4 is 11.3 Å². The number of Topliss-reactive ketones (excluding diaryl/α,β-unsaturated/α-hetero) is 1. The van der Waals surface area contributed by atoms with Crippen molar-refractivity contribution in [2.75, 3.05) is 17.0 Å². The van der Waals surface area contributed by atoms with Crippen molar-refractivity contribution in [2.45, 2.75) is 30.8 Å². The molecule has 0 bridgehead atoms. The third-order valence-electron chi connectivity index (χ3n) is 3.59. The Morgan fingerprint density at radius 3 is 2.74 bits per heavy atom. The number of nitrogens with two attached hydrogens (primary N) is 1. The molecule has 0 amide bonds. The van der Waals surface area contributed by atoms with Gasteiger partial charge in [-0.2, -0.15) is 5.10 Å². The Kier molecular flexibility index (Phi) is 4.92. The highest BCUT2D eigenvalue weighted by Gasteiger charge is 2.14. The number of hydrazone groups is 1. The van der Waals surface area contributed by atoms with Crippen LogP contribution in [0.2, 0.25) is 0 Å². The zero-order valence-electron chi connectivity index (χ0n) is 12.6. The van der Waals surface area contributed by atoms with Crippen LogP contribution in [0, 0.1) is 0 Å². The van der Waals surface area contributed by atoms with E-state index in [-0.39, 0.29) is 11.5 Å². The van der Waals surface area contributed by atoms with Crippen molar-refractivity contribution in [3.05, 3.63) is 35.9 Å². The van der Waals surface area contributed by atoms with Crippen LogP contribution in [0.5, 0.6) is 0 Å². The van der Waals surface area contributed by atoms with Crippen LogP contribution in [-0.4, -0.2) is 32.1 Å². The molecule has 1 aromatic heterocycles. The normalized spacial score (nSPS) is 14.0. The number of thioether (sulfide) groups is 1. The van der Waals surface area contributed by atoms with E-state index in [1.165, 1.54) is 29.3 Å². The fourth-order valence-corrected chi connectivity index (χ4v) is 3.06. The van der Waals surface area contributed by atoms with Crippen LogP contribution >= 0.6 is 11.8 Å². The number of rotatable bonds is 6. The van der Waals surface area contributed by atoms with Gasteiger partial charge in [0.2, 0.25) is 5.16 Å². The first-order valence-corrected chi connectivity index (χ1v) is 8.45. The van der Waals surface area contributed by atoms with Crippen molar-refractivity contribution in [2.24, 2.45) is 5.10 Å². The van der Waals surface area contributed by atoms with Gasteiger partial charge in [-0.15, -0.1) is 10.2 Å². The molecule has 1 aliphatic carbocycles. The minimum atomic E-state index is 0.0271. The maximum Gasteiger partial charge on any atom is 0.264 e. The second-order valence-corrected chi connectivity index (χ2v) is 6.19. The summed E-state index contributed by atoms with van der Waals surface area (Å²) in [6.45, 7) is 0. The lowest BCUT2D eigenvalue weighted by molar-refractivity contribution is 0.102. The second-order valence-electron chi connectivity index (χ2n) is 5.25. The van der Waals surface area contributed by atoms with Gasteiger partial charge >= 0.3 is 0 Å². The summed E-state index contributed by atoms with van der Waals surface area (Å²) in [7, 11) is 0. The number of nitrogens with zero attached hydrogens (tertiary/aromatic N) is 4. The number of nitrogen functional groups attached to an aromatic ring is 1. The van der Waals surface area contributed by atoms with Crippen molar-refractivity contribution >= 4 is 29.2 Å². The van der Waals surface area contributed by atoms with Gasteiger partial charge in [-0.3, -0.25) is 4.79 Å². The fraction of sp³-hybridized carbons (Fsp3) is 0.333. The summed E-state index contributed by atoms with van der Waals surface area (Å²) in [5.41, 5.74) is 4.65. The first-order valence-electron chi connectivity index (χ1n) is 7.47. The van der Waals surface area contributed by atoms with E-state index in [2.05, 4.69) is 20.7 Å². The van der Waals surface area contributed by atoms with Crippen LogP contribution in [0.1, 0.15) is 36.0 Å². The molecule has 120 valence electrons. The Bertz CT molecular complexity index is 704. The van der Waals surface area contributed by atoms with E-state index < -0.39 is 0 Å². The molecule has 0 aliphatic heterocycles. The Balaban J connectivity index is 1.58. The quantitative estimate of drug-likeness (QED) is 0.365. The Morgan fingerprint density at radius 2 is 2.00 bits per heavy atom. The standard InChI is InChI=1S/C15H18N6OS/c16-21-14(18-17-12-8-4-5-9-12)19-20-15(21)23-10-13(22)11-6-2-1-3-7-11/h1-3,6-7H,4-5,8-10,16H2,(H,18,19). The van der Waals surface area contributed by atoms with Gasteiger partial charge in [0.25, 0.3) is 5.95 Å². The van der Waals surface area contributed by atoms with Gasteiger partial charge in [-0.1, -0.05) is 42.1 Å². The SMILES string of the molecule is Nn1c(NN=C2CCCC2)nnc1SCC(=O)c1ccccc1. The van der Waals surface area contributed by atoms with E-state index >= 15 is 0 Å². The van der Waals surface area contributed by atoms with Crippen LogP contribution in [0.25, 0.3) is 0 Å². The molecular formula is C15H18N6OS. The highest BCUT2D eigenvalue weighted by atomic mass is 32.2. The molecule has 1 aliphatic rings. The number of hydrogen-bond acceptors (Lipinski definition) is 7. The Morgan fingerprint density at radius 1 is 1.26 bits per heavy atom. The molecule has 0 spiro atoms. The molecule has 1 saturated carbocycles. The van der Waals surface area contributed by atoms with Gasteiger partial charge in [0.1, 0.15) is 0 Å². The van der Waals surface area contributed by atoms with E-state index in [0.29, 0.717) is 16.7 Å². The molecule has 3 N–H and O–H groups in total. The van der Waals surface area contributed by atoms with Crippen LogP contribution in [0.4, 0.5) is 5.95 Å². The molecule has 0 radical (unpaired) electrons. The molecule has 7 nitrogen and oxygen atoms in total. The maximum atomic E-state index is 12.1. The van der Waals surface area contributed by atoms with E-state index in [1.54, 1.807) is 12.1 Å². The summed E-state index contributed by atoms with van der Waals surface area (Å²) < 4.78 is 1.32.